The van der Waals surface area contributed by atoms with Crippen LogP contribution in [0.3, 0.4) is 0 Å². The number of unbranched alkanes of at least 4 members (excludes halogenated alkanes) is 1. The topological polar surface area (TPSA) is 83.6 Å². The maximum absolute atomic E-state index is 11.6. The van der Waals surface area contributed by atoms with Crippen molar-refractivity contribution in [1.29, 1.82) is 0 Å². The van der Waals surface area contributed by atoms with Crippen LogP contribution in [0.1, 0.15) is 32.6 Å². The predicted molar refractivity (Wildman–Crippen MR) is 57.4 cm³/mol. The lowest BCUT2D eigenvalue weighted by Crippen LogP contribution is -2.42. The largest absolute Gasteiger partial charge is 0.481 e. The van der Waals surface area contributed by atoms with Gasteiger partial charge in [-0.3, -0.25) is 9.59 Å². The van der Waals surface area contributed by atoms with E-state index in [-0.39, 0.29) is 18.9 Å². The zero-order valence-electron chi connectivity index (χ0n) is 9.40. The molecule has 15 heavy (non-hydrogen) atoms. The Balaban J connectivity index is 3.90. The third kappa shape index (κ3) is 6.06. The molecule has 5 heteroatoms. The van der Waals surface area contributed by atoms with E-state index < -0.39 is 12.0 Å². The van der Waals surface area contributed by atoms with Crippen molar-refractivity contribution in [3.05, 3.63) is 0 Å². The number of amides is 1. The molecule has 0 spiro atoms. The van der Waals surface area contributed by atoms with E-state index in [1.165, 1.54) is 4.90 Å². The minimum Gasteiger partial charge on any atom is -0.481 e. The summed E-state index contributed by atoms with van der Waals surface area (Å²) >= 11 is 0. The van der Waals surface area contributed by atoms with Crippen LogP contribution in [0, 0.1) is 0 Å². The highest BCUT2D eigenvalue weighted by Gasteiger charge is 2.17. The predicted octanol–water partition coefficient (Wildman–Crippen LogP) is 0.437. The summed E-state index contributed by atoms with van der Waals surface area (Å²) in [6.07, 6.45) is 2.54. The molecule has 0 saturated carbocycles. The molecule has 0 saturated heterocycles. The SMILES string of the molecule is CCCC[C@H](N)C(=O)N(C)CCC(=O)O. The van der Waals surface area contributed by atoms with Crippen molar-refractivity contribution >= 4 is 11.9 Å². The highest BCUT2D eigenvalue weighted by molar-refractivity contribution is 5.81. The molecule has 1 atom stereocenters. The first-order chi connectivity index (χ1) is 6.99. The summed E-state index contributed by atoms with van der Waals surface area (Å²) in [5, 5.41) is 8.45. The Morgan fingerprint density at radius 1 is 1.47 bits per heavy atom. The van der Waals surface area contributed by atoms with E-state index in [9.17, 15) is 9.59 Å². The zero-order valence-corrected chi connectivity index (χ0v) is 9.40. The van der Waals surface area contributed by atoms with Gasteiger partial charge in [0.15, 0.2) is 0 Å². The zero-order chi connectivity index (χ0) is 11.8. The Labute approximate surface area is 90.2 Å². The molecule has 0 bridgehead atoms. The Hall–Kier alpha value is -1.10. The molecule has 88 valence electrons. The molecule has 0 aromatic carbocycles. The Morgan fingerprint density at radius 3 is 2.53 bits per heavy atom. The second kappa shape index (κ2) is 7.23. The van der Waals surface area contributed by atoms with Crippen LogP contribution in [0.4, 0.5) is 0 Å². The number of likely N-dealkylation sites (N-methyl/N-ethyl adjacent to an activating group) is 1. The quantitative estimate of drug-likeness (QED) is 0.646. The van der Waals surface area contributed by atoms with Crippen molar-refractivity contribution in [2.45, 2.75) is 38.6 Å². The first-order valence-electron chi connectivity index (χ1n) is 5.21. The smallest absolute Gasteiger partial charge is 0.305 e. The standard InChI is InChI=1S/C10H20N2O3/c1-3-4-5-8(11)10(15)12(2)7-6-9(13)14/h8H,3-7,11H2,1-2H3,(H,13,14)/t8-/m0/s1. The van der Waals surface area contributed by atoms with Crippen molar-refractivity contribution in [3.8, 4) is 0 Å². The van der Waals surface area contributed by atoms with Crippen LogP contribution in [-0.2, 0) is 9.59 Å². The van der Waals surface area contributed by atoms with Crippen LogP contribution in [0.25, 0.3) is 0 Å². The third-order valence-electron chi connectivity index (χ3n) is 2.22. The van der Waals surface area contributed by atoms with Crippen molar-refractivity contribution in [2.24, 2.45) is 5.73 Å². The fourth-order valence-corrected chi connectivity index (χ4v) is 1.20. The average molecular weight is 216 g/mol. The van der Waals surface area contributed by atoms with Crippen molar-refractivity contribution in [1.82, 2.24) is 4.90 Å². The van der Waals surface area contributed by atoms with Crippen LogP contribution in [0.15, 0.2) is 0 Å². The normalized spacial score (nSPS) is 12.2. The molecule has 5 nitrogen and oxygen atoms in total. The number of hydrogen-bond donors (Lipinski definition) is 2. The van der Waals surface area contributed by atoms with Gasteiger partial charge >= 0.3 is 5.97 Å². The lowest BCUT2D eigenvalue weighted by atomic mass is 10.1. The summed E-state index contributed by atoms with van der Waals surface area (Å²) in [6.45, 7) is 2.25. The fraction of sp³-hybridized carbons (Fsp3) is 0.800. The highest BCUT2D eigenvalue weighted by atomic mass is 16.4. The van der Waals surface area contributed by atoms with Gasteiger partial charge in [-0.1, -0.05) is 19.8 Å². The van der Waals surface area contributed by atoms with Crippen LogP contribution >= 0.6 is 0 Å². The highest BCUT2D eigenvalue weighted by Crippen LogP contribution is 2.01. The van der Waals surface area contributed by atoms with Gasteiger partial charge in [-0.25, -0.2) is 0 Å². The van der Waals surface area contributed by atoms with Crippen molar-refractivity contribution in [3.63, 3.8) is 0 Å². The first kappa shape index (κ1) is 13.9. The molecular weight excluding hydrogens is 196 g/mol. The lowest BCUT2D eigenvalue weighted by molar-refractivity contribution is -0.138. The minimum atomic E-state index is -0.906. The van der Waals surface area contributed by atoms with E-state index in [0.717, 1.165) is 12.8 Å². The number of hydrogen-bond acceptors (Lipinski definition) is 3. The van der Waals surface area contributed by atoms with E-state index in [1.807, 2.05) is 6.92 Å². The number of carboxylic acid groups (broad SMARTS) is 1. The van der Waals surface area contributed by atoms with Gasteiger partial charge in [-0.15, -0.1) is 0 Å². The summed E-state index contributed by atoms with van der Waals surface area (Å²) in [4.78, 5) is 23.3. The van der Waals surface area contributed by atoms with E-state index in [1.54, 1.807) is 7.05 Å². The number of aliphatic carboxylic acids is 1. The van der Waals surface area contributed by atoms with Gasteiger partial charge in [-0.05, 0) is 6.42 Å². The molecule has 0 unspecified atom stereocenters. The van der Waals surface area contributed by atoms with Crippen molar-refractivity contribution < 1.29 is 14.7 Å². The summed E-state index contributed by atoms with van der Waals surface area (Å²) in [6, 6.07) is -0.497. The molecule has 0 fully saturated rings. The molecule has 0 aromatic rings. The van der Waals surface area contributed by atoms with Gasteiger partial charge in [0.25, 0.3) is 0 Å². The van der Waals surface area contributed by atoms with Gasteiger partial charge < -0.3 is 15.7 Å². The molecule has 0 rings (SSSR count). The monoisotopic (exact) mass is 216 g/mol. The van der Waals surface area contributed by atoms with Gasteiger partial charge in [0.05, 0.1) is 12.5 Å². The van der Waals surface area contributed by atoms with Gasteiger partial charge in [0.1, 0.15) is 0 Å². The third-order valence-corrected chi connectivity index (χ3v) is 2.22. The molecule has 0 aliphatic heterocycles. The molecule has 3 N–H and O–H groups in total. The van der Waals surface area contributed by atoms with E-state index in [2.05, 4.69) is 0 Å². The Kier molecular flexibility index (Phi) is 6.70. The van der Waals surface area contributed by atoms with Crippen LogP contribution < -0.4 is 5.73 Å². The summed E-state index contributed by atoms with van der Waals surface area (Å²) in [7, 11) is 1.58. The van der Waals surface area contributed by atoms with E-state index in [4.69, 9.17) is 10.8 Å². The van der Waals surface area contributed by atoms with Crippen molar-refractivity contribution in [2.75, 3.05) is 13.6 Å². The minimum absolute atomic E-state index is 0.0390. The lowest BCUT2D eigenvalue weighted by Gasteiger charge is -2.20. The van der Waals surface area contributed by atoms with Crippen LogP contribution in [0.2, 0.25) is 0 Å². The number of nitrogens with two attached hydrogens (primary N) is 1. The van der Waals surface area contributed by atoms with E-state index >= 15 is 0 Å². The number of carboxylic acids is 1. The number of carbonyl (C=O) groups is 2. The molecule has 0 aliphatic carbocycles. The molecule has 0 radical (unpaired) electrons. The van der Waals surface area contributed by atoms with Gasteiger partial charge in [0, 0.05) is 13.6 Å². The Bertz CT molecular complexity index is 219. The number of rotatable bonds is 7. The molecule has 1 amide bonds. The average Bonchev–Trinajstić information content (AvgIpc) is 2.21. The van der Waals surface area contributed by atoms with E-state index in [0.29, 0.717) is 6.42 Å². The Morgan fingerprint density at radius 2 is 2.07 bits per heavy atom. The fourth-order valence-electron chi connectivity index (χ4n) is 1.20. The number of nitrogens with zero attached hydrogens (tertiary/aromatic N) is 1. The van der Waals surface area contributed by atoms with Crippen LogP contribution in [0.5, 0.6) is 0 Å². The summed E-state index contributed by atoms with van der Waals surface area (Å²) in [5.74, 6) is -1.08. The second-order valence-electron chi connectivity index (χ2n) is 3.65. The maximum Gasteiger partial charge on any atom is 0.305 e. The number of carbonyl (C=O) groups excluding carboxylic acids is 1. The maximum atomic E-state index is 11.6. The van der Waals surface area contributed by atoms with Gasteiger partial charge in [0.2, 0.25) is 5.91 Å². The first-order valence-corrected chi connectivity index (χ1v) is 5.21. The summed E-state index contributed by atoms with van der Waals surface area (Å²) in [5.41, 5.74) is 5.67. The molecule has 0 aromatic heterocycles. The molecule has 0 aliphatic rings. The second-order valence-corrected chi connectivity index (χ2v) is 3.65. The summed E-state index contributed by atoms with van der Waals surface area (Å²) < 4.78 is 0. The van der Waals surface area contributed by atoms with Crippen LogP contribution in [-0.4, -0.2) is 41.5 Å². The molecule has 0 heterocycles. The molecular formula is C10H20N2O3. The van der Waals surface area contributed by atoms with Gasteiger partial charge in [-0.2, -0.15) is 0 Å².